The Bertz CT molecular complexity index is 1030. The fourth-order valence-corrected chi connectivity index (χ4v) is 2.93. The van der Waals surface area contributed by atoms with Crippen LogP contribution in [-0.4, -0.2) is 33.4 Å². The molecular weight excluding hydrogens is 374 g/mol. The number of primary amides is 2. The molecule has 6 N–H and O–H groups in total. The summed E-state index contributed by atoms with van der Waals surface area (Å²) >= 11 is 0. The highest BCUT2D eigenvalue weighted by Gasteiger charge is 2.16. The van der Waals surface area contributed by atoms with Gasteiger partial charge in [0, 0.05) is 17.2 Å². The van der Waals surface area contributed by atoms with Gasteiger partial charge >= 0.3 is 6.03 Å². The van der Waals surface area contributed by atoms with Crippen LogP contribution in [0.15, 0.2) is 48.7 Å². The zero-order valence-electron chi connectivity index (χ0n) is 15.8. The molecule has 0 aliphatic heterocycles. The number of para-hydroxylation sites is 1. The van der Waals surface area contributed by atoms with Crippen LogP contribution in [0, 0.1) is 0 Å². The summed E-state index contributed by atoms with van der Waals surface area (Å²) in [7, 11) is 0. The van der Waals surface area contributed by atoms with Crippen molar-refractivity contribution in [2.45, 2.75) is 13.3 Å². The number of amides is 3. The maximum absolute atomic E-state index is 11.3. The molecule has 0 bridgehead atoms. The molecule has 0 fully saturated rings. The van der Waals surface area contributed by atoms with Gasteiger partial charge in [-0.2, -0.15) is 5.10 Å². The number of nitrogens with zero attached hydrogens (tertiary/aromatic N) is 2. The van der Waals surface area contributed by atoms with E-state index in [1.54, 1.807) is 36.4 Å². The molecule has 29 heavy (non-hydrogen) atoms. The molecule has 2 aromatic carbocycles. The fourth-order valence-electron chi connectivity index (χ4n) is 2.93. The van der Waals surface area contributed by atoms with E-state index in [0.717, 1.165) is 0 Å². The highest BCUT2D eigenvalue weighted by molar-refractivity contribution is 5.89. The van der Waals surface area contributed by atoms with Crippen molar-refractivity contribution < 1.29 is 19.4 Å². The Balaban J connectivity index is 2.06. The Morgan fingerprint density at radius 2 is 1.93 bits per heavy atom. The summed E-state index contributed by atoms with van der Waals surface area (Å²) in [4.78, 5) is 22.5. The van der Waals surface area contributed by atoms with E-state index in [1.807, 2.05) is 13.0 Å². The lowest BCUT2D eigenvalue weighted by Gasteiger charge is -2.13. The first-order valence-electron chi connectivity index (χ1n) is 8.88. The van der Waals surface area contributed by atoms with Crippen LogP contribution in [0.2, 0.25) is 0 Å². The number of aromatic hydroxyl groups is 1. The van der Waals surface area contributed by atoms with E-state index in [1.165, 1.54) is 10.9 Å². The van der Waals surface area contributed by atoms with Crippen LogP contribution >= 0.6 is 0 Å². The van der Waals surface area contributed by atoms with Gasteiger partial charge in [0.15, 0.2) is 0 Å². The number of benzene rings is 2. The molecule has 0 atom stereocenters. The van der Waals surface area contributed by atoms with Crippen molar-refractivity contribution in [2.24, 2.45) is 11.5 Å². The molecule has 1 heterocycles. The average molecular weight is 395 g/mol. The maximum Gasteiger partial charge on any atom is 0.316 e. The minimum atomic E-state index is -0.778. The Kier molecular flexibility index (Phi) is 5.68. The van der Waals surface area contributed by atoms with Crippen molar-refractivity contribution >= 4 is 17.6 Å². The predicted octanol–water partition coefficient (Wildman–Crippen LogP) is 2.16. The maximum atomic E-state index is 11.3. The van der Waals surface area contributed by atoms with Gasteiger partial charge in [0.1, 0.15) is 11.5 Å². The van der Waals surface area contributed by atoms with Crippen LogP contribution in [0.25, 0.3) is 16.8 Å². The Hall–Kier alpha value is -4.01. The highest BCUT2D eigenvalue weighted by atomic mass is 16.5. The molecule has 0 saturated heterocycles. The largest absolute Gasteiger partial charge is 0.507 e. The van der Waals surface area contributed by atoms with Gasteiger partial charge in [-0.3, -0.25) is 4.79 Å². The summed E-state index contributed by atoms with van der Waals surface area (Å²) in [6.45, 7) is 2.28. The lowest BCUT2D eigenvalue weighted by molar-refractivity contribution is -0.117. The number of ether oxygens (including phenoxy) is 1. The smallest absolute Gasteiger partial charge is 0.316 e. The predicted molar refractivity (Wildman–Crippen MR) is 108 cm³/mol. The van der Waals surface area contributed by atoms with Crippen LogP contribution < -0.4 is 21.5 Å². The van der Waals surface area contributed by atoms with Crippen molar-refractivity contribution in [3.8, 4) is 28.3 Å². The quantitative estimate of drug-likeness (QED) is 0.484. The third-order valence-corrected chi connectivity index (χ3v) is 4.11. The third kappa shape index (κ3) is 4.46. The molecule has 150 valence electrons. The van der Waals surface area contributed by atoms with Crippen LogP contribution in [0.4, 0.5) is 10.5 Å². The number of aromatic nitrogens is 2. The number of hydrogen-bond acceptors (Lipinski definition) is 5. The molecule has 3 aromatic rings. The molecule has 3 rings (SSSR count). The average Bonchev–Trinajstić information content (AvgIpc) is 3.04. The molecule has 0 aliphatic carbocycles. The topological polar surface area (TPSA) is 145 Å². The molecule has 0 radical (unpaired) electrons. The van der Waals surface area contributed by atoms with E-state index < -0.39 is 11.9 Å². The normalized spacial score (nSPS) is 10.5. The van der Waals surface area contributed by atoms with Gasteiger partial charge in [0.2, 0.25) is 5.91 Å². The van der Waals surface area contributed by atoms with Gasteiger partial charge in [0.25, 0.3) is 0 Å². The number of carbonyl (C=O) groups is 2. The summed E-state index contributed by atoms with van der Waals surface area (Å²) in [5.41, 5.74) is 13.0. The van der Waals surface area contributed by atoms with Crippen LogP contribution in [-0.2, 0) is 11.2 Å². The minimum Gasteiger partial charge on any atom is -0.507 e. The second-order valence-electron chi connectivity index (χ2n) is 6.20. The van der Waals surface area contributed by atoms with Gasteiger partial charge in [-0.15, -0.1) is 0 Å². The molecule has 0 aliphatic rings. The summed E-state index contributed by atoms with van der Waals surface area (Å²) < 4.78 is 7.25. The zero-order valence-corrected chi connectivity index (χ0v) is 15.8. The first-order chi connectivity index (χ1) is 13.9. The standard InChI is InChI=1S/C20H21N5O4/c1-2-29-18-9-12(7-8-14(18)13-5-3-4-6-17(13)26)25-11-16(23-20(22)28)15(24-25)10-19(21)27/h3-9,11,26H,2,10H2,1H3,(H2,21,27)(H3,22,23,28). The van der Waals surface area contributed by atoms with E-state index in [2.05, 4.69) is 10.4 Å². The number of hydrogen-bond donors (Lipinski definition) is 4. The fraction of sp³-hybridized carbons (Fsp3) is 0.150. The summed E-state index contributed by atoms with van der Waals surface area (Å²) in [6, 6.07) is 11.5. The van der Waals surface area contributed by atoms with Crippen molar-refractivity contribution in [3.63, 3.8) is 0 Å². The lowest BCUT2D eigenvalue weighted by Crippen LogP contribution is -2.21. The monoisotopic (exact) mass is 395 g/mol. The first kappa shape index (κ1) is 19.7. The SMILES string of the molecule is CCOc1cc(-n2cc(NC(N)=O)c(CC(N)=O)n2)ccc1-c1ccccc1O. The molecule has 0 saturated carbocycles. The molecule has 1 aromatic heterocycles. The van der Waals surface area contributed by atoms with E-state index in [0.29, 0.717) is 40.6 Å². The Morgan fingerprint density at radius 1 is 1.17 bits per heavy atom. The molecular formula is C20H21N5O4. The molecule has 9 heteroatoms. The van der Waals surface area contributed by atoms with Crippen LogP contribution in [0.1, 0.15) is 12.6 Å². The summed E-state index contributed by atoms with van der Waals surface area (Å²) in [6.07, 6.45) is 1.38. The number of anilines is 1. The van der Waals surface area contributed by atoms with E-state index in [-0.39, 0.29) is 12.2 Å². The van der Waals surface area contributed by atoms with Gasteiger partial charge in [-0.1, -0.05) is 18.2 Å². The zero-order chi connectivity index (χ0) is 21.0. The Labute approximate surface area is 166 Å². The summed E-state index contributed by atoms with van der Waals surface area (Å²) in [5, 5.41) is 17.0. The third-order valence-electron chi connectivity index (χ3n) is 4.11. The first-order valence-corrected chi connectivity index (χ1v) is 8.88. The Morgan fingerprint density at radius 3 is 2.59 bits per heavy atom. The number of nitrogens with one attached hydrogen (secondary N) is 1. The van der Waals surface area contributed by atoms with Gasteiger partial charge in [0.05, 0.1) is 36.3 Å². The number of urea groups is 1. The number of phenolic OH excluding ortho intramolecular Hbond substituents is 1. The van der Waals surface area contributed by atoms with E-state index >= 15 is 0 Å². The van der Waals surface area contributed by atoms with E-state index in [4.69, 9.17) is 16.2 Å². The van der Waals surface area contributed by atoms with Gasteiger partial charge in [-0.05, 0) is 25.1 Å². The lowest BCUT2D eigenvalue weighted by atomic mass is 10.0. The van der Waals surface area contributed by atoms with Crippen molar-refractivity contribution in [2.75, 3.05) is 11.9 Å². The highest BCUT2D eigenvalue weighted by Crippen LogP contribution is 2.37. The molecule has 3 amide bonds. The van der Waals surface area contributed by atoms with Crippen molar-refractivity contribution in [3.05, 3.63) is 54.4 Å². The van der Waals surface area contributed by atoms with Gasteiger partial charge in [-0.25, -0.2) is 9.48 Å². The van der Waals surface area contributed by atoms with Gasteiger partial charge < -0.3 is 26.6 Å². The van der Waals surface area contributed by atoms with E-state index in [9.17, 15) is 14.7 Å². The summed E-state index contributed by atoms with van der Waals surface area (Å²) in [5.74, 6) is 0.0903. The number of carbonyl (C=O) groups excluding carboxylic acids is 2. The molecule has 0 spiro atoms. The van der Waals surface area contributed by atoms with Crippen LogP contribution in [0.5, 0.6) is 11.5 Å². The molecule has 0 unspecified atom stereocenters. The number of phenols is 1. The van der Waals surface area contributed by atoms with Crippen LogP contribution in [0.3, 0.4) is 0 Å². The second kappa shape index (κ2) is 8.34. The van der Waals surface area contributed by atoms with Crippen molar-refractivity contribution in [1.29, 1.82) is 0 Å². The second-order valence-corrected chi connectivity index (χ2v) is 6.20. The molecule has 9 nitrogen and oxygen atoms in total. The minimum absolute atomic E-state index is 0.136. The number of rotatable bonds is 7. The number of nitrogens with two attached hydrogens (primary N) is 2. The van der Waals surface area contributed by atoms with Crippen molar-refractivity contribution in [1.82, 2.24) is 9.78 Å².